The van der Waals surface area contributed by atoms with E-state index in [4.69, 9.17) is 9.47 Å². The maximum absolute atomic E-state index is 12.0. The molecule has 2 spiro atoms. The first-order valence-corrected chi connectivity index (χ1v) is 11.9. The predicted octanol–water partition coefficient (Wildman–Crippen LogP) is 3.69. The number of hydrogen-bond acceptors (Lipinski definition) is 6. The number of aliphatic hydroxyl groups is 1. The van der Waals surface area contributed by atoms with Crippen molar-refractivity contribution in [3.05, 3.63) is 28.2 Å². The molecule has 7 nitrogen and oxygen atoms in total. The third kappa shape index (κ3) is 1.91. The number of phenolic OH excluding ortho intramolecular Hbond substituents is 1. The standard InChI is InChI=1S/C25H34N2O5/c1-21(2,3)22(4,29)16-13-23-8-9-25(16,31-5)20-24(23)10-11-27(26-30)17(23)12-14-6-7-15(28)19(32-20)18(14)24/h6-7,16-17,20,28-29H,8-13H2,1-5H3/t16-,17-,20-,22?,23-,24+,25-/m1/s1. The number of nitrogens with zero attached hydrogens (tertiary/aromatic N) is 2. The van der Waals surface area contributed by atoms with E-state index in [-0.39, 0.29) is 40.1 Å². The fourth-order valence-corrected chi connectivity index (χ4v) is 8.71. The monoisotopic (exact) mass is 442 g/mol. The molecule has 2 aliphatic heterocycles. The van der Waals surface area contributed by atoms with Gasteiger partial charge in [-0.05, 0) is 56.1 Å². The minimum Gasteiger partial charge on any atom is -0.504 e. The van der Waals surface area contributed by atoms with Gasteiger partial charge in [0, 0.05) is 36.0 Å². The van der Waals surface area contributed by atoms with Gasteiger partial charge in [-0.2, -0.15) is 0 Å². The van der Waals surface area contributed by atoms with E-state index in [0.717, 1.165) is 36.8 Å². The quantitative estimate of drug-likeness (QED) is 0.694. The summed E-state index contributed by atoms with van der Waals surface area (Å²) in [5.74, 6) is 0.572. The van der Waals surface area contributed by atoms with Crippen LogP contribution in [0.1, 0.15) is 64.5 Å². The van der Waals surface area contributed by atoms with E-state index in [1.165, 1.54) is 0 Å². The highest BCUT2D eigenvalue weighted by atomic mass is 16.6. The van der Waals surface area contributed by atoms with Gasteiger partial charge in [0.1, 0.15) is 11.7 Å². The summed E-state index contributed by atoms with van der Waals surface area (Å²) in [6.07, 6.45) is 3.51. The van der Waals surface area contributed by atoms with Gasteiger partial charge < -0.3 is 19.7 Å². The van der Waals surface area contributed by atoms with E-state index < -0.39 is 11.2 Å². The third-order valence-electron chi connectivity index (χ3n) is 10.6. The van der Waals surface area contributed by atoms with E-state index >= 15 is 0 Å². The van der Waals surface area contributed by atoms with Crippen molar-refractivity contribution in [3.8, 4) is 11.5 Å². The highest BCUT2D eigenvalue weighted by Gasteiger charge is 2.82. The molecule has 1 saturated heterocycles. The predicted molar refractivity (Wildman–Crippen MR) is 118 cm³/mol. The summed E-state index contributed by atoms with van der Waals surface area (Å²) >= 11 is 0. The topological polar surface area (TPSA) is 91.6 Å². The van der Waals surface area contributed by atoms with Crippen LogP contribution in [0, 0.1) is 21.7 Å². The van der Waals surface area contributed by atoms with Gasteiger partial charge in [-0.3, -0.25) is 5.01 Å². The first-order valence-electron chi connectivity index (χ1n) is 11.9. The average Bonchev–Trinajstić information content (AvgIpc) is 3.11. The minimum atomic E-state index is -1.02. The van der Waals surface area contributed by atoms with E-state index in [1.807, 2.05) is 13.0 Å². The number of piperidine rings is 1. The lowest BCUT2D eigenvalue weighted by Crippen LogP contribution is -2.82. The molecular weight excluding hydrogens is 408 g/mol. The summed E-state index contributed by atoms with van der Waals surface area (Å²) in [7, 11) is 1.75. The summed E-state index contributed by atoms with van der Waals surface area (Å²) in [6.45, 7) is 8.72. The zero-order chi connectivity index (χ0) is 22.9. The number of methoxy groups -OCH3 is 1. The average molecular weight is 443 g/mol. The van der Waals surface area contributed by atoms with Gasteiger partial charge in [0.15, 0.2) is 11.5 Å². The van der Waals surface area contributed by atoms with E-state index in [0.29, 0.717) is 18.7 Å². The molecule has 0 amide bonds. The van der Waals surface area contributed by atoms with Gasteiger partial charge in [-0.25, -0.2) is 0 Å². The lowest BCUT2D eigenvalue weighted by atomic mass is 9.33. The van der Waals surface area contributed by atoms with Crippen LogP contribution < -0.4 is 4.74 Å². The molecule has 0 aromatic heterocycles. The van der Waals surface area contributed by atoms with Gasteiger partial charge in [-0.15, -0.1) is 4.91 Å². The highest BCUT2D eigenvalue weighted by Crippen LogP contribution is 2.78. The largest absolute Gasteiger partial charge is 0.504 e. The number of nitroso groups, excluding NO2 is 1. The lowest BCUT2D eigenvalue weighted by Gasteiger charge is -2.74. The molecule has 3 saturated carbocycles. The fraction of sp³-hybridized carbons (Fsp3) is 0.760. The number of fused-ring (bicyclic) bond motifs is 2. The van der Waals surface area contributed by atoms with E-state index in [9.17, 15) is 15.1 Å². The molecule has 4 fully saturated rings. The summed E-state index contributed by atoms with van der Waals surface area (Å²) in [6, 6.07) is 3.65. The summed E-state index contributed by atoms with van der Waals surface area (Å²) in [5, 5.41) is 28.1. The molecule has 4 aliphatic carbocycles. The van der Waals surface area contributed by atoms with Crippen LogP contribution in [0.4, 0.5) is 0 Å². The fourth-order valence-electron chi connectivity index (χ4n) is 8.71. The van der Waals surface area contributed by atoms with Crippen molar-refractivity contribution in [3.63, 3.8) is 0 Å². The minimum absolute atomic E-state index is 0.0451. The molecule has 6 aliphatic rings. The van der Waals surface area contributed by atoms with Gasteiger partial charge in [0.2, 0.25) is 0 Å². The Labute approximate surface area is 189 Å². The first-order chi connectivity index (χ1) is 15.0. The number of aromatic hydroxyl groups is 1. The molecule has 2 N–H and O–H groups in total. The van der Waals surface area contributed by atoms with Crippen molar-refractivity contribution in [2.24, 2.45) is 22.0 Å². The van der Waals surface area contributed by atoms with Gasteiger partial charge >= 0.3 is 0 Å². The molecule has 1 aromatic rings. The molecule has 7 atom stereocenters. The van der Waals surface area contributed by atoms with Crippen LogP contribution in [0.5, 0.6) is 11.5 Å². The molecular formula is C25H34N2O5. The molecule has 0 radical (unpaired) electrons. The summed E-state index contributed by atoms with van der Waals surface area (Å²) in [5.41, 5.74) is -0.432. The zero-order valence-corrected chi connectivity index (χ0v) is 19.6. The second-order valence-electron chi connectivity index (χ2n) is 12.1. The molecule has 7 rings (SSSR count). The Bertz CT molecular complexity index is 1020. The number of phenols is 1. The lowest BCUT2D eigenvalue weighted by molar-refractivity contribution is -0.312. The Kier molecular flexibility index (Phi) is 3.75. The Morgan fingerprint density at radius 1 is 1.22 bits per heavy atom. The second-order valence-corrected chi connectivity index (χ2v) is 12.1. The molecule has 1 aromatic carbocycles. The van der Waals surface area contributed by atoms with Crippen molar-refractivity contribution in [2.75, 3.05) is 13.7 Å². The van der Waals surface area contributed by atoms with Crippen LogP contribution in [0.15, 0.2) is 17.4 Å². The molecule has 2 heterocycles. The molecule has 1 unspecified atom stereocenters. The van der Waals surface area contributed by atoms with Crippen molar-refractivity contribution in [2.45, 2.75) is 88.6 Å². The maximum atomic E-state index is 12.0. The van der Waals surface area contributed by atoms with Crippen LogP contribution in [0.3, 0.4) is 0 Å². The van der Waals surface area contributed by atoms with Crippen molar-refractivity contribution in [1.29, 1.82) is 0 Å². The van der Waals surface area contributed by atoms with Crippen molar-refractivity contribution in [1.82, 2.24) is 5.01 Å². The van der Waals surface area contributed by atoms with E-state index in [2.05, 4.69) is 26.1 Å². The maximum Gasteiger partial charge on any atom is 0.165 e. The van der Waals surface area contributed by atoms with Crippen molar-refractivity contribution >= 4 is 0 Å². The number of benzene rings is 1. The van der Waals surface area contributed by atoms with E-state index in [1.54, 1.807) is 18.2 Å². The Morgan fingerprint density at radius 3 is 2.62 bits per heavy atom. The van der Waals surface area contributed by atoms with Crippen LogP contribution in [0.2, 0.25) is 0 Å². The first kappa shape index (κ1) is 20.7. The Morgan fingerprint density at radius 2 is 1.97 bits per heavy atom. The molecule has 4 bridgehead atoms. The van der Waals surface area contributed by atoms with Crippen LogP contribution in [-0.2, 0) is 16.6 Å². The van der Waals surface area contributed by atoms with Crippen LogP contribution in [0.25, 0.3) is 0 Å². The third-order valence-corrected chi connectivity index (χ3v) is 10.6. The normalized spacial score (nSPS) is 42.8. The highest BCUT2D eigenvalue weighted by molar-refractivity contribution is 5.63. The second kappa shape index (κ2) is 5.79. The smallest absolute Gasteiger partial charge is 0.165 e. The Hall–Kier alpha value is -1.86. The molecule has 7 heteroatoms. The van der Waals surface area contributed by atoms with Gasteiger partial charge in [-0.1, -0.05) is 26.8 Å². The van der Waals surface area contributed by atoms with Gasteiger partial charge in [0.25, 0.3) is 0 Å². The molecule has 174 valence electrons. The van der Waals surface area contributed by atoms with Crippen molar-refractivity contribution < 1.29 is 19.7 Å². The summed E-state index contributed by atoms with van der Waals surface area (Å²) < 4.78 is 13.2. The van der Waals surface area contributed by atoms with Crippen LogP contribution in [-0.4, -0.2) is 52.2 Å². The summed E-state index contributed by atoms with van der Waals surface area (Å²) in [4.78, 5) is 12.0. The zero-order valence-electron chi connectivity index (χ0n) is 19.6. The number of ether oxygens (including phenoxy) is 2. The SMILES string of the molecule is CO[C@]12CC[C@@]3(C[C@@H]1C(C)(O)C(C)(C)C)[C@H]1Cc4ccc(O)c5c4[C@@]3(CCN1N=O)[C@H]2O5. The van der Waals surface area contributed by atoms with Gasteiger partial charge in [0.05, 0.1) is 16.9 Å². The Balaban J connectivity index is 1.66. The van der Waals surface area contributed by atoms with Crippen LogP contribution >= 0.6 is 0 Å². The molecule has 32 heavy (non-hydrogen) atoms. The number of rotatable bonds is 3. The number of hydrogen-bond donors (Lipinski definition) is 2.